The molecule has 2 N–H and O–H groups in total. The zero-order chi connectivity index (χ0) is 20.1. The molecule has 0 saturated carbocycles. The lowest BCUT2D eigenvalue weighted by atomic mass is 10.2. The molecule has 0 bridgehead atoms. The van der Waals surface area contributed by atoms with Crippen molar-refractivity contribution in [1.82, 2.24) is 15.1 Å². The molecule has 3 rings (SSSR count). The summed E-state index contributed by atoms with van der Waals surface area (Å²) in [5, 5.41) is 10.0. The number of aryl methyl sites for hydroxylation is 1. The fraction of sp³-hybridized carbons (Fsp3) is 0.150. The third-order valence-corrected chi connectivity index (χ3v) is 4.39. The summed E-state index contributed by atoms with van der Waals surface area (Å²) >= 11 is 6.05. The topological polar surface area (TPSA) is 85.3 Å². The minimum absolute atomic E-state index is 0.194. The Morgan fingerprint density at radius 2 is 1.89 bits per heavy atom. The Bertz CT molecular complexity index is 1020. The third kappa shape index (κ3) is 4.50. The molecule has 0 aliphatic rings. The molecule has 1 aromatic heterocycles. The highest BCUT2D eigenvalue weighted by molar-refractivity contribution is 6.34. The molecule has 144 valence electrons. The number of methoxy groups -OCH3 is 1. The van der Waals surface area contributed by atoms with E-state index in [1.54, 1.807) is 38.4 Å². The fourth-order valence-corrected chi connectivity index (χ4v) is 2.80. The molecule has 0 radical (unpaired) electrons. The molecule has 2 amide bonds. The van der Waals surface area contributed by atoms with Crippen LogP contribution in [0.3, 0.4) is 0 Å². The summed E-state index contributed by atoms with van der Waals surface area (Å²) in [4.78, 5) is 24.8. The van der Waals surface area contributed by atoms with Crippen LogP contribution in [0.25, 0.3) is 0 Å². The number of rotatable bonds is 6. The van der Waals surface area contributed by atoms with Crippen molar-refractivity contribution < 1.29 is 14.3 Å². The zero-order valence-corrected chi connectivity index (χ0v) is 16.2. The van der Waals surface area contributed by atoms with Crippen LogP contribution in [0.4, 0.5) is 5.82 Å². The van der Waals surface area contributed by atoms with Crippen molar-refractivity contribution in [3.63, 3.8) is 0 Å². The van der Waals surface area contributed by atoms with Crippen molar-refractivity contribution in [3.8, 4) is 5.75 Å². The number of anilines is 1. The second-order valence-electron chi connectivity index (χ2n) is 6.01. The molecule has 0 fully saturated rings. The Morgan fingerprint density at radius 1 is 1.11 bits per heavy atom. The summed E-state index contributed by atoms with van der Waals surface area (Å²) in [6.07, 6.45) is 0. The molecule has 8 heteroatoms. The maximum atomic E-state index is 12.4. The van der Waals surface area contributed by atoms with Gasteiger partial charge in [-0.25, -0.2) is 0 Å². The molecule has 7 nitrogen and oxygen atoms in total. The standard InChI is InChI=1S/C20H19ClN4O3/c1-25-18(23-19(26)15-8-3-4-9-16(15)21)11-17(24-25)20(27)22-12-13-6-5-7-14(10-13)28-2/h3-11H,12H2,1-2H3,(H,22,27)(H,23,26). The SMILES string of the molecule is COc1cccc(CNC(=O)c2cc(NC(=O)c3ccccc3Cl)n(C)n2)c1. The molecular weight excluding hydrogens is 380 g/mol. The molecule has 1 heterocycles. The Morgan fingerprint density at radius 3 is 2.64 bits per heavy atom. The summed E-state index contributed by atoms with van der Waals surface area (Å²) in [6, 6.07) is 15.6. The molecule has 0 aliphatic heterocycles. The van der Waals surface area contributed by atoms with Crippen LogP contribution in [0.5, 0.6) is 5.75 Å². The fourth-order valence-electron chi connectivity index (χ4n) is 2.58. The monoisotopic (exact) mass is 398 g/mol. The average molecular weight is 399 g/mol. The highest BCUT2D eigenvalue weighted by Crippen LogP contribution is 2.18. The molecule has 0 aliphatic carbocycles. The van der Waals surface area contributed by atoms with E-state index in [1.807, 2.05) is 24.3 Å². The first-order chi connectivity index (χ1) is 13.5. The van der Waals surface area contributed by atoms with Crippen LogP contribution in [0.1, 0.15) is 26.4 Å². The Kier molecular flexibility index (Phi) is 5.96. The van der Waals surface area contributed by atoms with Crippen molar-refractivity contribution in [2.45, 2.75) is 6.54 Å². The van der Waals surface area contributed by atoms with Gasteiger partial charge in [0.05, 0.1) is 17.7 Å². The lowest BCUT2D eigenvalue weighted by molar-refractivity contribution is 0.0944. The van der Waals surface area contributed by atoms with Crippen molar-refractivity contribution in [2.75, 3.05) is 12.4 Å². The van der Waals surface area contributed by atoms with Crippen LogP contribution < -0.4 is 15.4 Å². The van der Waals surface area contributed by atoms with Crippen LogP contribution in [0.15, 0.2) is 54.6 Å². The smallest absolute Gasteiger partial charge is 0.272 e. The van der Waals surface area contributed by atoms with E-state index in [2.05, 4.69) is 15.7 Å². The summed E-state index contributed by atoms with van der Waals surface area (Å²) in [5.74, 6) is 0.374. The second-order valence-corrected chi connectivity index (χ2v) is 6.41. The summed E-state index contributed by atoms with van der Waals surface area (Å²) in [5.41, 5.74) is 1.44. The van der Waals surface area contributed by atoms with Gasteiger partial charge in [-0.3, -0.25) is 14.3 Å². The Labute approximate surface area is 167 Å². The van der Waals surface area contributed by atoms with E-state index in [0.29, 0.717) is 28.7 Å². The lowest BCUT2D eigenvalue weighted by Gasteiger charge is -2.06. The van der Waals surface area contributed by atoms with Gasteiger partial charge in [-0.15, -0.1) is 0 Å². The van der Waals surface area contributed by atoms with Crippen molar-refractivity contribution in [3.05, 3.63) is 76.4 Å². The van der Waals surface area contributed by atoms with Crippen molar-refractivity contribution >= 4 is 29.2 Å². The third-order valence-electron chi connectivity index (χ3n) is 4.06. The maximum absolute atomic E-state index is 12.4. The summed E-state index contributed by atoms with van der Waals surface area (Å²) in [7, 11) is 3.23. The Hall–Kier alpha value is -3.32. The van der Waals surface area contributed by atoms with Gasteiger partial charge >= 0.3 is 0 Å². The van der Waals surface area contributed by atoms with Crippen LogP contribution in [-0.2, 0) is 13.6 Å². The Balaban J connectivity index is 1.66. The molecule has 0 atom stereocenters. The van der Waals surface area contributed by atoms with E-state index >= 15 is 0 Å². The van der Waals surface area contributed by atoms with Gasteiger partial charge in [0.15, 0.2) is 5.69 Å². The van der Waals surface area contributed by atoms with Gasteiger partial charge in [0, 0.05) is 19.7 Å². The second kappa shape index (κ2) is 8.58. The first kappa shape index (κ1) is 19.4. The number of halogens is 1. The van der Waals surface area contributed by atoms with Gasteiger partial charge in [0.2, 0.25) is 0 Å². The van der Waals surface area contributed by atoms with Gasteiger partial charge in [0.1, 0.15) is 11.6 Å². The van der Waals surface area contributed by atoms with Gasteiger partial charge in [-0.2, -0.15) is 5.10 Å². The van der Waals surface area contributed by atoms with E-state index in [0.717, 1.165) is 5.56 Å². The van der Waals surface area contributed by atoms with E-state index < -0.39 is 0 Å². The minimum atomic E-state index is -0.378. The van der Waals surface area contributed by atoms with Gasteiger partial charge in [-0.05, 0) is 29.8 Å². The predicted molar refractivity (Wildman–Crippen MR) is 107 cm³/mol. The lowest BCUT2D eigenvalue weighted by Crippen LogP contribution is -2.23. The van der Waals surface area contributed by atoms with E-state index in [1.165, 1.54) is 10.7 Å². The molecule has 0 spiro atoms. The van der Waals surface area contributed by atoms with E-state index in [-0.39, 0.29) is 17.5 Å². The summed E-state index contributed by atoms with van der Waals surface area (Å²) in [6.45, 7) is 0.327. The molecule has 2 aromatic carbocycles. The summed E-state index contributed by atoms with van der Waals surface area (Å²) < 4.78 is 6.59. The number of nitrogens with one attached hydrogen (secondary N) is 2. The molecule has 0 saturated heterocycles. The normalized spacial score (nSPS) is 10.4. The maximum Gasteiger partial charge on any atom is 0.272 e. The quantitative estimate of drug-likeness (QED) is 0.667. The number of aromatic nitrogens is 2. The van der Waals surface area contributed by atoms with Crippen LogP contribution >= 0.6 is 11.6 Å². The van der Waals surface area contributed by atoms with Crippen LogP contribution in [0.2, 0.25) is 5.02 Å². The number of ether oxygens (including phenoxy) is 1. The molecule has 0 unspecified atom stereocenters. The van der Waals surface area contributed by atoms with Gasteiger partial charge in [-0.1, -0.05) is 35.9 Å². The highest BCUT2D eigenvalue weighted by Gasteiger charge is 2.16. The molecule has 3 aromatic rings. The number of carbonyl (C=O) groups excluding carboxylic acids is 2. The van der Waals surface area contributed by atoms with Crippen molar-refractivity contribution in [2.24, 2.45) is 7.05 Å². The number of nitrogens with zero attached hydrogens (tertiary/aromatic N) is 2. The minimum Gasteiger partial charge on any atom is -0.497 e. The number of hydrogen-bond donors (Lipinski definition) is 2. The van der Waals surface area contributed by atoms with E-state index in [9.17, 15) is 9.59 Å². The average Bonchev–Trinajstić information content (AvgIpc) is 3.07. The van der Waals surface area contributed by atoms with Gasteiger partial charge < -0.3 is 15.4 Å². The largest absolute Gasteiger partial charge is 0.497 e. The van der Waals surface area contributed by atoms with Crippen molar-refractivity contribution in [1.29, 1.82) is 0 Å². The number of benzene rings is 2. The first-order valence-corrected chi connectivity index (χ1v) is 8.87. The first-order valence-electron chi connectivity index (χ1n) is 8.49. The molecular formula is C20H19ClN4O3. The number of carbonyl (C=O) groups is 2. The van der Waals surface area contributed by atoms with Crippen LogP contribution in [0, 0.1) is 0 Å². The zero-order valence-electron chi connectivity index (χ0n) is 15.4. The molecule has 28 heavy (non-hydrogen) atoms. The van der Waals surface area contributed by atoms with Gasteiger partial charge in [0.25, 0.3) is 11.8 Å². The van der Waals surface area contributed by atoms with E-state index in [4.69, 9.17) is 16.3 Å². The number of hydrogen-bond acceptors (Lipinski definition) is 4. The predicted octanol–water partition coefficient (Wildman–Crippen LogP) is 3.26. The van der Waals surface area contributed by atoms with Crippen LogP contribution in [-0.4, -0.2) is 28.7 Å². The number of amides is 2. The highest BCUT2D eigenvalue weighted by atomic mass is 35.5.